The number of hydrogen-bond acceptors (Lipinski definition) is 4. The van der Waals surface area contributed by atoms with Crippen molar-refractivity contribution in [3.8, 4) is 0 Å². The minimum Gasteiger partial charge on any atom is -0.477 e. The van der Waals surface area contributed by atoms with E-state index in [0.717, 1.165) is 11.4 Å². The zero-order valence-electron chi connectivity index (χ0n) is 10.6. The van der Waals surface area contributed by atoms with Crippen molar-refractivity contribution < 1.29 is 14.7 Å². The first-order valence-electron chi connectivity index (χ1n) is 5.87. The number of hydrogen-bond donors (Lipinski definition) is 2. The first-order chi connectivity index (χ1) is 8.56. The third-order valence-electron chi connectivity index (χ3n) is 2.44. The molecule has 1 aromatic rings. The van der Waals surface area contributed by atoms with Gasteiger partial charge in [0.1, 0.15) is 4.88 Å². The monoisotopic (exact) mass is 270 g/mol. The van der Waals surface area contributed by atoms with Gasteiger partial charge in [-0.15, -0.1) is 11.3 Å². The molecule has 6 heteroatoms. The molecule has 0 aliphatic rings. The number of rotatable bonds is 7. The highest BCUT2D eigenvalue weighted by Gasteiger charge is 2.12. The van der Waals surface area contributed by atoms with Crippen LogP contribution in [0.1, 0.15) is 28.4 Å². The van der Waals surface area contributed by atoms with E-state index >= 15 is 0 Å². The fraction of sp³-hybridized carbons (Fsp3) is 0.500. The molecule has 0 spiro atoms. The van der Waals surface area contributed by atoms with E-state index in [1.807, 2.05) is 18.7 Å². The van der Waals surface area contributed by atoms with Gasteiger partial charge in [-0.05, 0) is 25.6 Å². The van der Waals surface area contributed by atoms with Crippen LogP contribution < -0.4 is 5.32 Å². The van der Waals surface area contributed by atoms with E-state index < -0.39 is 5.97 Å². The van der Waals surface area contributed by atoms with Crippen LogP contribution in [-0.2, 0) is 11.3 Å². The average molecular weight is 270 g/mol. The first kappa shape index (κ1) is 14.7. The standard InChI is InChI=1S/C12H18N2O3S/c1-3-13-11(15)8-14(4-2)7-9-5-6-10(18-9)12(16)17/h5-6H,3-4,7-8H2,1-2H3,(H,13,15)(H,16,17). The largest absolute Gasteiger partial charge is 0.477 e. The van der Waals surface area contributed by atoms with Crippen LogP contribution >= 0.6 is 11.3 Å². The number of carbonyl (C=O) groups is 2. The maximum atomic E-state index is 11.5. The second-order valence-corrected chi connectivity index (χ2v) is 5.00. The molecule has 0 aromatic carbocycles. The van der Waals surface area contributed by atoms with Crippen molar-refractivity contribution in [3.63, 3.8) is 0 Å². The van der Waals surface area contributed by atoms with Crippen molar-refractivity contribution in [3.05, 3.63) is 21.9 Å². The van der Waals surface area contributed by atoms with Gasteiger partial charge in [0.05, 0.1) is 6.54 Å². The Morgan fingerprint density at radius 3 is 2.61 bits per heavy atom. The fourth-order valence-corrected chi connectivity index (χ4v) is 2.42. The average Bonchev–Trinajstić information content (AvgIpc) is 2.77. The van der Waals surface area contributed by atoms with E-state index in [1.165, 1.54) is 11.3 Å². The lowest BCUT2D eigenvalue weighted by Crippen LogP contribution is -2.36. The summed E-state index contributed by atoms with van der Waals surface area (Å²) in [5.74, 6) is -0.910. The van der Waals surface area contributed by atoms with E-state index in [0.29, 0.717) is 24.5 Å². The molecule has 0 aliphatic carbocycles. The normalized spacial score (nSPS) is 10.6. The molecule has 5 nitrogen and oxygen atoms in total. The smallest absolute Gasteiger partial charge is 0.345 e. The van der Waals surface area contributed by atoms with Gasteiger partial charge in [-0.3, -0.25) is 9.69 Å². The van der Waals surface area contributed by atoms with Crippen molar-refractivity contribution in [2.24, 2.45) is 0 Å². The summed E-state index contributed by atoms with van der Waals surface area (Å²) in [4.78, 5) is 25.5. The van der Waals surface area contributed by atoms with Gasteiger partial charge in [0.2, 0.25) is 5.91 Å². The SMILES string of the molecule is CCNC(=O)CN(CC)Cc1ccc(C(=O)O)s1. The highest BCUT2D eigenvalue weighted by molar-refractivity contribution is 7.13. The number of nitrogens with one attached hydrogen (secondary N) is 1. The Kier molecular flexibility index (Phi) is 5.80. The third-order valence-corrected chi connectivity index (χ3v) is 3.50. The van der Waals surface area contributed by atoms with Crippen molar-refractivity contribution in [1.82, 2.24) is 10.2 Å². The van der Waals surface area contributed by atoms with E-state index in [-0.39, 0.29) is 5.91 Å². The fourth-order valence-electron chi connectivity index (χ4n) is 1.53. The predicted octanol–water partition coefficient (Wildman–Crippen LogP) is 1.40. The highest BCUT2D eigenvalue weighted by atomic mass is 32.1. The lowest BCUT2D eigenvalue weighted by atomic mass is 10.3. The Hall–Kier alpha value is -1.40. The third kappa shape index (κ3) is 4.46. The highest BCUT2D eigenvalue weighted by Crippen LogP contribution is 2.18. The summed E-state index contributed by atoms with van der Waals surface area (Å²) in [5, 5.41) is 11.6. The summed E-state index contributed by atoms with van der Waals surface area (Å²) < 4.78 is 0. The summed E-state index contributed by atoms with van der Waals surface area (Å²) in [5.41, 5.74) is 0. The predicted molar refractivity (Wildman–Crippen MR) is 70.9 cm³/mol. The Bertz CT molecular complexity index is 417. The van der Waals surface area contributed by atoms with Crippen LogP contribution in [0.4, 0.5) is 0 Å². The summed E-state index contributed by atoms with van der Waals surface area (Å²) in [6, 6.07) is 3.40. The number of nitrogens with zero attached hydrogens (tertiary/aromatic N) is 1. The molecule has 0 unspecified atom stereocenters. The molecule has 0 aliphatic heterocycles. The van der Waals surface area contributed by atoms with Crippen LogP contribution in [0.15, 0.2) is 12.1 Å². The molecule has 0 saturated carbocycles. The first-order valence-corrected chi connectivity index (χ1v) is 6.69. The van der Waals surface area contributed by atoms with Crippen LogP contribution in [0.5, 0.6) is 0 Å². The quantitative estimate of drug-likeness (QED) is 0.786. The van der Waals surface area contributed by atoms with Gasteiger partial charge in [-0.2, -0.15) is 0 Å². The van der Waals surface area contributed by atoms with Gasteiger partial charge >= 0.3 is 5.97 Å². The van der Waals surface area contributed by atoms with Crippen molar-refractivity contribution in [2.75, 3.05) is 19.6 Å². The minimum atomic E-state index is -0.905. The molecule has 1 aromatic heterocycles. The van der Waals surface area contributed by atoms with E-state index in [9.17, 15) is 9.59 Å². The maximum absolute atomic E-state index is 11.5. The Morgan fingerprint density at radius 2 is 2.11 bits per heavy atom. The lowest BCUT2D eigenvalue weighted by Gasteiger charge is -2.18. The topological polar surface area (TPSA) is 69.6 Å². The maximum Gasteiger partial charge on any atom is 0.345 e. The molecule has 0 bridgehead atoms. The van der Waals surface area contributed by atoms with Gasteiger partial charge in [0.15, 0.2) is 0 Å². The summed E-state index contributed by atoms with van der Waals surface area (Å²) in [7, 11) is 0. The molecule has 18 heavy (non-hydrogen) atoms. The number of carboxylic acids is 1. The number of carbonyl (C=O) groups excluding carboxylic acids is 1. The second kappa shape index (κ2) is 7.13. The number of carboxylic acid groups (broad SMARTS) is 1. The number of aromatic carboxylic acids is 1. The number of amides is 1. The van der Waals surface area contributed by atoms with Gasteiger partial charge in [0, 0.05) is 18.0 Å². The van der Waals surface area contributed by atoms with Crippen LogP contribution in [0.2, 0.25) is 0 Å². The molecule has 0 saturated heterocycles. The second-order valence-electron chi connectivity index (χ2n) is 3.83. The molecular weight excluding hydrogens is 252 g/mol. The van der Waals surface area contributed by atoms with E-state index in [4.69, 9.17) is 5.11 Å². The van der Waals surface area contributed by atoms with Crippen LogP contribution in [-0.4, -0.2) is 41.5 Å². The van der Waals surface area contributed by atoms with Crippen molar-refractivity contribution >= 4 is 23.2 Å². The Labute approximate surface area is 110 Å². The van der Waals surface area contributed by atoms with Crippen molar-refractivity contribution in [2.45, 2.75) is 20.4 Å². The summed E-state index contributed by atoms with van der Waals surface area (Å²) in [6.07, 6.45) is 0. The zero-order chi connectivity index (χ0) is 13.5. The van der Waals surface area contributed by atoms with E-state index in [2.05, 4.69) is 5.32 Å². The van der Waals surface area contributed by atoms with Gasteiger partial charge in [-0.25, -0.2) is 4.79 Å². The molecule has 0 atom stereocenters. The molecule has 100 valence electrons. The molecule has 2 N–H and O–H groups in total. The van der Waals surface area contributed by atoms with Gasteiger partial charge < -0.3 is 10.4 Å². The molecule has 1 amide bonds. The number of thiophene rings is 1. The molecule has 1 rings (SSSR count). The summed E-state index contributed by atoms with van der Waals surface area (Å²) in [6.45, 7) is 6.17. The van der Waals surface area contributed by atoms with Gasteiger partial charge in [-0.1, -0.05) is 6.92 Å². The molecule has 0 radical (unpaired) electrons. The van der Waals surface area contributed by atoms with E-state index in [1.54, 1.807) is 12.1 Å². The Balaban J connectivity index is 2.56. The Morgan fingerprint density at radius 1 is 1.39 bits per heavy atom. The van der Waals surface area contributed by atoms with Crippen LogP contribution in [0, 0.1) is 0 Å². The van der Waals surface area contributed by atoms with Crippen molar-refractivity contribution in [1.29, 1.82) is 0 Å². The summed E-state index contributed by atoms with van der Waals surface area (Å²) >= 11 is 1.25. The van der Waals surface area contributed by atoms with Gasteiger partial charge in [0.25, 0.3) is 0 Å². The zero-order valence-corrected chi connectivity index (χ0v) is 11.4. The molecule has 0 fully saturated rings. The molecule has 1 heterocycles. The molecular formula is C12H18N2O3S. The minimum absolute atomic E-state index is 0.00522. The van der Waals surface area contributed by atoms with Crippen LogP contribution in [0.3, 0.4) is 0 Å². The lowest BCUT2D eigenvalue weighted by molar-refractivity contribution is -0.122. The van der Waals surface area contributed by atoms with Crippen LogP contribution in [0.25, 0.3) is 0 Å². The number of likely N-dealkylation sites (N-methyl/N-ethyl adjacent to an activating group) is 2.